The second-order valence-corrected chi connectivity index (χ2v) is 12.5. The molecule has 2 N–H and O–H groups in total. The number of halogens is 1. The molecule has 0 unspecified atom stereocenters. The standard InChI is InChI=1S/C28H31FN6O2S/c1-38(36,37)24-8-6-22(7-9-24)34-15-19(16-34)14-33-12-10-23(11-13-33)35-17-25(20-2-4-21(29)5-3-20)26-27(30)31-18-32-28(26)35/h2-9,17-19,23H,10-16H2,1H3,(H2,30,31,32). The van der Waals surface area contributed by atoms with Gasteiger partial charge in [0, 0.05) is 68.4 Å². The van der Waals surface area contributed by atoms with Crippen molar-refractivity contribution in [3.05, 3.63) is 66.9 Å². The minimum Gasteiger partial charge on any atom is -0.383 e. The lowest BCUT2D eigenvalue weighted by atomic mass is 9.96. The summed E-state index contributed by atoms with van der Waals surface area (Å²) in [6.45, 7) is 5.05. The third kappa shape index (κ3) is 4.74. The molecule has 0 bridgehead atoms. The number of nitrogen functional groups attached to an aromatic ring is 1. The summed E-state index contributed by atoms with van der Waals surface area (Å²) >= 11 is 0. The second kappa shape index (κ2) is 9.67. The van der Waals surface area contributed by atoms with Gasteiger partial charge in [0.05, 0.1) is 10.3 Å². The molecule has 0 saturated carbocycles. The first-order valence-corrected chi connectivity index (χ1v) is 14.8. The molecule has 6 rings (SSSR count). The molecule has 0 aliphatic carbocycles. The van der Waals surface area contributed by atoms with Crippen LogP contribution in [0.3, 0.4) is 0 Å². The lowest BCUT2D eigenvalue weighted by Crippen LogP contribution is -2.52. The zero-order valence-electron chi connectivity index (χ0n) is 21.3. The van der Waals surface area contributed by atoms with E-state index in [0.29, 0.717) is 22.7 Å². The molecule has 2 aromatic heterocycles. The van der Waals surface area contributed by atoms with Crippen molar-refractivity contribution in [2.24, 2.45) is 5.92 Å². The highest BCUT2D eigenvalue weighted by atomic mass is 32.2. The number of fused-ring (bicyclic) bond motifs is 1. The Morgan fingerprint density at radius 3 is 2.34 bits per heavy atom. The van der Waals surface area contributed by atoms with E-state index in [2.05, 4.69) is 30.5 Å². The molecule has 2 saturated heterocycles. The number of nitrogens with zero attached hydrogens (tertiary/aromatic N) is 5. The Kier molecular flexibility index (Phi) is 6.31. The van der Waals surface area contributed by atoms with Crippen LogP contribution in [0.4, 0.5) is 15.9 Å². The largest absolute Gasteiger partial charge is 0.383 e. The number of aromatic nitrogens is 3. The molecule has 0 spiro atoms. The minimum absolute atomic E-state index is 0.270. The Morgan fingerprint density at radius 1 is 1.00 bits per heavy atom. The smallest absolute Gasteiger partial charge is 0.175 e. The number of hydrogen-bond donors (Lipinski definition) is 1. The summed E-state index contributed by atoms with van der Waals surface area (Å²) in [5.74, 6) is 0.769. The SMILES string of the molecule is CS(=O)(=O)c1ccc(N2CC(CN3CCC(n4cc(-c5ccc(F)cc5)c5c(N)ncnc54)CC3)C2)cc1. The summed E-state index contributed by atoms with van der Waals surface area (Å²) in [4.78, 5) is 14.0. The number of likely N-dealkylation sites (tertiary alicyclic amines) is 1. The molecular formula is C28H31FN6O2S. The van der Waals surface area contributed by atoms with Crippen molar-refractivity contribution < 1.29 is 12.8 Å². The van der Waals surface area contributed by atoms with Crippen molar-refractivity contribution in [1.82, 2.24) is 19.4 Å². The molecule has 4 heterocycles. The molecule has 198 valence electrons. The lowest BCUT2D eigenvalue weighted by molar-refractivity contribution is 0.153. The van der Waals surface area contributed by atoms with Crippen LogP contribution >= 0.6 is 0 Å². The molecule has 0 amide bonds. The van der Waals surface area contributed by atoms with Gasteiger partial charge in [0.15, 0.2) is 9.84 Å². The van der Waals surface area contributed by atoms with Crippen molar-refractivity contribution in [1.29, 1.82) is 0 Å². The average Bonchev–Trinajstić information content (AvgIpc) is 3.27. The molecule has 2 aliphatic rings. The summed E-state index contributed by atoms with van der Waals surface area (Å²) in [7, 11) is -3.17. The van der Waals surface area contributed by atoms with Crippen LogP contribution in [0.5, 0.6) is 0 Å². The summed E-state index contributed by atoms with van der Waals surface area (Å²) in [6.07, 6.45) is 6.87. The first-order chi connectivity index (χ1) is 18.3. The topological polar surface area (TPSA) is 97.4 Å². The van der Waals surface area contributed by atoms with E-state index in [1.165, 1.54) is 24.7 Å². The fraction of sp³-hybridized carbons (Fsp3) is 0.357. The van der Waals surface area contributed by atoms with Crippen molar-refractivity contribution in [2.75, 3.05) is 49.6 Å². The van der Waals surface area contributed by atoms with Gasteiger partial charge in [0.2, 0.25) is 0 Å². The van der Waals surface area contributed by atoms with E-state index in [-0.39, 0.29) is 5.82 Å². The summed E-state index contributed by atoms with van der Waals surface area (Å²) in [5, 5.41) is 0.820. The predicted molar refractivity (Wildman–Crippen MR) is 147 cm³/mol. The van der Waals surface area contributed by atoms with E-state index in [1.54, 1.807) is 24.3 Å². The molecule has 0 atom stereocenters. The fourth-order valence-electron chi connectivity index (χ4n) is 5.78. The number of piperidine rings is 1. The van der Waals surface area contributed by atoms with Crippen LogP contribution in [0, 0.1) is 11.7 Å². The van der Waals surface area contributed by atoms with Gasteiger partial charge in [-0.2, -0.15) is 0 Å². The maximum absolute atomic E-state index is 13.5. The van der Waals surface area contributed by atoms with Gasteiger partial charge < -0.3 is 20.1 Å². The van der Waals surface area contributed by atoms with Gasteiger partial charge in [-0.25, -0.2) is 22.8 Å². The summed E-state index contributed by atoms with van der Waals surface area (Å²) < 4.78 is 39.2. The third-order valence-corrected chi connectivity index (χ3v) is 8.98. The summed E-state index contributed by atoms with van der Waals surface area (Å²) in [6, 6.07) is 13.9. The fourth-order valence-corrected chi connectivity index (χ4v) is 6.41. The number of rotatable bonds is 6. The van der Waals surface area contributed by atoms with E-state index in [9.17, 15) is 12.8 Å². The lowest BCUT2D eigenvalue weighted by Gasteiger charge is -2.44. The van der Waals surface area contributed by atoms with Crippen molar-refractivity contribution in [2.45, 2.75) is 23.8 Å². The maximum atomic E-state index is 13.5. The second-order valence-electron chi connectivity index (χ2n) is 10.5. The van der Waals surface area contributed by atoms with E-state index in [1.807, 2.05) is 12.1 Å². The normalized spacial score (nSPS) is 17.7. The average molecular weight is 535 g/mol. The first kappa shape index (κ1) is 24.8. The monoisotopic (exact) mass is 534 g/mol. The quantitative estimate of drug-likeness (QED) is 0.399. The van der Waals surface area contributed by atoms with Gasteiger partial charge in [0.1, 0.15) is 23.6 Å². The van der Waals surface area contributed by atoms with E-state index < -0.39 is 9.84 Å². The van der Waals surface area contributed by atoms with Crippen LogP contribution in [-0.2, 0) is 9.84 Å². The van der Waals surface area contributed by atoms with Crippen LogP contribution in [0.2, 0.25) is 0 Å². The molecule has 2 fully saturated rings. The number of anilines is 2. The number of benzene rings is 2. The van der Waals surface area contributed by atoms with Gasteiger partial charge in [-0.05, 0) is 54.8 Å². The Hall–Kier alpha value is -3.50. The Balaban J connectivity index is 1.09. The Bertz CT molecular complexity index is 1560. The van der Waals surface area contributed by atoms with Crippen molar-refractivity contribution >= 4 is 32.4 Å². The summed E-state index contributed by atoms with van der Waals surface area (Å²) in [5.41, 5.74) is 10.00. The van der Waals surface area contributed by atoms with Gasteiger partial charge in [0.25, 0.3) is 0 Å². The molecule has 2 aromatic carbocycles. The van der Waals surface area contributed by atoms with Gasteiger partial charge in [-0.15, -0.1) is 0 Å². The van der Waals surface area contributed by atoms with Gasteiger partial charge in [-0.1, -0.05) is 12.1 Å². The Morgan fingerprint density at radius 2 is 1.68 bits per heavy atom. The van der Waals surface area contributed by atoms with Crippen LogP contribution in [0.1, 0.15) is 18.9 Å². The van der Waals surface area contributed by atoms with Crippen LogP contribution in [0.25, 0.3) is 22.2 Å². The highest BCUT2D eigenvalue weighted by Crippen LogP contribution is 2.37. The first-order valence-electron chi connectivity index (χ1n) is 12.9. The minimum atomic E-state index is -3.17. The van der Waals surface area contributed by atoms with Crippen LogP contribution in [0.15, 0.2) is 66.0 Å². The van der Waals surface area contributed by atoms with Crippen molar-refractivity contribution in [3.8, 4) is 11.1 Å². The molecule has 8 nitrogen and oxygen atoms in total. The van der Waals surface area contributed by atoms with E-state index in [0.717, 1.165) is 73.4 Å². The molecule has 38 heavy (non-hydrogen) atoms. The predicted octanol–water partition coefficient (Wildman–Crippen LogP) is 4.00. The van der Waals surface area contributed by atoms with Crippen molar-refractivity contribution in [3.63, 3.8) is 0 Å². The molecule has 0 radical (unpaired) electrons. The molecule has 2 aliphatic heterocycles. The zero-order chi connectivity index (χ0) is 26.4. The van der Waals surface area contributed by atoms with Crippen LogP contribution < -0.4 is 10.6 Å². The molecule has 10 heteroatoms. The Labute approximate surface area is 221 Å². The van der Waals surface area contributed by atoms with E-state index >= 15 is 0 Å². The zero-order valence-corrected chi connectivity index (χ0v) is 22.1. The number of sulfone groups is 1. The molecule has 4 aromatic rings. The number of nitrogens with two attached hydrogens (primary N) is 1. The van der Waals surface area contributed by atoms with E-state index in [4.69, 9.17) is 5.73 Å². The highest BCUT2D eigenvalue weighted by Gasteiger charge is 2.31. The van der Waals surface area contributed by atoms with Gasteiger partial charge in [-0.3, -0.25) is 0 Å². The highest BCUT2D eigenvalue weighted by molar-refractivity contribution is 7.90. The maximum Gasteiger partial charge on any atom is 0.175 e. The van der Waals surface area contributed by atoms with Crippen LogP contribution in [-0.4, -0.2) is 66.8 Å². The number of hydrogen-bond acceptors (Lipinski definition) is 7. The molecular weight excluding hydrogens is 503 g/mol. The third-order valence-electron chi connectivity index (χ3n) is 7.85. The van der Waals surface area contributed by atoms with Gasteiger partial charge >= 0.3 is 0 Å².